The summed E-state index contributed by atoms with van der Waals surface area (Å²) in [5.41, 5.74) is 0.255. The summed E-state index contributed by atoms with van der Waals surface area (Å²) in [6.07, 6.45) is 1.11. The smallest absolute Gasteiger partial charge is 0.273 e. The maximum Gasteiger partial charge on any atom is 0.273 e. The SMILES string of the molecule is CN1CCO[C@@H](CCc2ccc(S(N)(=O)=O)cc2[N+](=O)[O-])C1. The van der Waals surface area contributed by atoms with E-state index in [0.717, 1.165) is 19.2 Å². The number of benzene rings is 1. The molecule has 1 atom stereocenters. The lowest BCUT2D eigenvalue weighted by molar-refractivity contribution is -0.385. The van der Waals surface area contributed by atoms with Crippen LogP contribution in [0.3, 0.4) is 0 Å². The molecule has 0 aromatic heterocycles. The van der Waals surface area contributed by atoms with Gasteiger partial charge in [0.25, 0.3) is 5.69 Å². The molecule has 0 spiro atoms. The van der Waals surface area contributed by atoms with E-state index >= 15 is 0 Å². The zero-order valence-corrected chi connectivity index (χ0v) is 13.1. The summed E-state index contributed by atoms with van der Waals surface area (Å²) >= 11 is 0. The average molecular weight is 329 g/mol. The van der Waals surface area contributed by atoms with Gasteiger partial charge in [-0.3, -0.25) is 10.1 Å². The lowest BCUT2D eigenvalue weighted by Gasteiger charge is -2.30. The molecular formula is C13H19N3O5S. The van der Waals surface area contributed by atoms with E-state index in [4.69, 9.17) is 9.88 Å². The highest BCUT2D eigenvalue weighted by Gasteiger charge is 2.22. The van der Waals surface area contributed by atoms with Gasteiger partial charge in [0.15, 0.2) is 0 Å². The van der Waals surface area contributed by atoms with Crippen LogP contribution in [0, 0.1) is 10.1 Å². The fourth-order valence-electron chi connectivity index (χ4n) is 2.46. The average Bonchev–Trinajstić information content (AvgIpc) is 2.44. The molecule has 0 amide bonds. The molecule has 2 N–H and O–H groups in total. The van der Waals surface area contributed by atoms with Crippen LogP contribution in [-0.4, -0.2) is 51.1 Å². The Labute approximate surface area is 129 Å². The molecular weight excluding hydrogens is 310 g/mol. The molecule has 1 saturated heterocycles. The minimum absolute atomic E-state index is 0.0243. The number of rotatable bonds is 5. The summed E-state index contributed by atoms with van der Waals surface area (Å²) in [5.74, 6) is 0. The summed E-state index contributed by atoms with van der Waals surface area (Å²) in [4.78, 5) is 12.4. The number of nitrogens with two attached hydrogens (primary N) is 1. The zero-order valence-electron chi connectivity index (χ0n) is 12.3. The van der Waals surface area contributed by atoms with Gasteiger partial charge in [-0.15, -0.1) is 0 Å². The first-order valence-corrected chi connectivity index (χ1v) is 8.42. The molecule has 1 aromatic carbocycles. The van der Waals surface area contributed by atoms with Crippen LogP contribution in [-0.2, 0) is 21.2 Å². The van der Waals surface area contributed by atoms with Crippen LogP contribution >= 0.6 is 0 Å². The molecule has 0 bridgehead atoms. The Hall–Kier alpha value is -1.55. The molecule has 0 aliphatic carbocycles. The largest absolute Gasteiger partial charge is 0.376 e. The molecule has 1 aromatic rings. The molecule has 1 heterocycles. The Morgan fingerprint density at radius 3 is 2.82 bits per heavy atom. The van der Waals surface area contributed by atoms with E-state index < -0.39 is 14.9 Å². The maximum atomic E-state index is 11.3. The Balaban J connectivity index is 2.15. The maximum absolute atomic E-state index is 11.3. The molecule has 0 saturated carbocycles. The van der Waals surface area contributed by atoms with E-state index in [1.54, 1.807) is 0 Å². The standard InChI is InChI=1S/C13H19N3O5S/c1-15-6-7-21-11(9-15)4-2-10-3-5-12(22(14,19)20)8-13(10)16(17)18/h3,5,8,11H,2,4,6-7,9H2,1H3,(H2,14,19,20)/t11-/m0/s1. The third-order valence-corrected chi connectivity index (χ3v) is 4.57. The number of nitrogens with zero attached hydrogens (tertiary/aromatic N) is 2. The van der Waals surface area contributed by atoms with Crippen LogP contribution < -0.4 is 5.14 Å². The number of nitro benzene ring substituents is 1. The summed E-state index contributed by atoms with van der Waals surface area (Å²) in [7, 11) is -1.96. The van der Waals surface area contributed by atoms with Gasteiger partial charge in [-0.05, 0) is 26.0 Å². The number of aryl methyl sites for hydroxylation is 1. The first-order valence-electron chi connectivity index (χ1n) is 6.87. The predicted molar refractivity (Wildman–Crippen MR) is 80.0 cm³/mol. The van der Waals surface area contributed by atoms with E-state index in [0.29, 0.717) is 25.0 Å². The van der Waals surface area contributed by atoms with Gasteiger partial charge >= 0.3 is 0 Å². The van der Waals surface area contributed by atoms with Crippen molar-refractivity contribution in [2.75, 3.05) is 26.7 Å². The van der Waals surface area contributed by atoms with Crippen LogP contribution in [0.2, 0.25) is 0 Å². The fourth-order valence-corrected chi connectivity index (χ4v) is 2.99. The van der Waals surface area contributed by atoms with Gasteiger partial charge in [-0.1, -0.05) is 6.07 Å². The van der Waals surface area contributed by atoms with Crippen LogP contribution in [0.1, 0.15) is 12.0 Å². The van der Waals surface area contributed by atoms with Gasteiger partial charge in [-0.2, -0.15) is 0 Å². The van der Waals surface area contributed by atoms with Crippen molar-refractivity contribution >= 4 is 15.7 Å². The predicted octanol–water partition coefficient (Wildman–Crippen LogP) is 0.505. The van der Waals surface area contributed by atoms with Crippen molar-refractivity contribution in [3.8, 4) is 0 Å². The van der Waals surface area contributed by atoms with Crippen LogP contribution in [0.25, 0.3) is 0 Å². The van der Waals surface area contributed by atoms with Gasteiger partial charge < -0.3 is 9.64 Å². The molecule has 9 heteroatoms. The van der Waals surface area contributed by atoms with Crippen LogP contribution in [0.5, 0.6) is 0 Å². The summed E-state index contributed by atoms with van der Waals surface area (Å²) in [6, 6.07) is 3.76. The van der Waals surface area contributed by atoms with Gasteiger partial charge in [-0.25, -0.2) is 13.6 Å². The second-order valence-corrected chi connectivity index (χ2v) is 6.95. The van der Waals surface area contributed by atoms with Crippen molar-refractivity contribution in [2.45, 2.75) is 23.8 Å². The van der Waals surface area contributed by atoms with E-state index in [1.165, 1.54) is 12.1 Å². The van der Waals surface area contributed by atoms with E-state index in [9.17, 15) is 18.5 Å². The van der Waals surface area contributed by atoms with Crippen molar-refractivity contribution in [1.82, 2.24) is 4.90 Å². The number of hydrogen-bond acceptors (Lipinski definition) is 6. The highest BCUT2D eigenvalue weighted by molar-refractivity contribution is 7.89. The molecule has 1 aliphatic rings. The molecule has 1 aliphatic heterocycles. The molecule has 8 nitrogen and oxygen atoms in total. The van der Waals surface area contributed by atoms with E-state index in [1.807, 2.05) is 7.05 Å². The van der Waals surface area contributed by atoms with Crippen LogP contribution in [0.4, 0.5) is 5.69 Å². The van der Waals surface area contributed by atoms with Crippen molar-refractivity contribution in [2.24, 2.45) is 5.14 Å². The Bertz CT molecular complexity index is 662. The Morgan fingerprint density at radius 2 is 2.23 bits per heavy atom. The lowest BCUT2D eigenvalue weighted by atomic mass is 10.0. The molecule has 122 valence electrons. The topological polar surface area (TPSA) is 116 Å². The normalized spacial score (nSPS) is 20.0. The number of sulfonamides is 1. The van der Waals surface area contributed by atoms with E-state index in [-0.39, 0.29) is 16.7 Å². The van der Waals surface area contributed by atoms with E-state index in [2.05, 4.69) is 4.90 Å². The summed E-state index contributed by atoms with van der Waals surface area (Å²) in [6.45, 7) is 2.30. The van der Waals surface area contributed by atoms with Crippen molar-refractivity contribution < 1.29 is 18.1 Å². The van der Waals surface area contributed by atoms with Gasteiger partial charge in [0.05, 0.1) is 22.5 Å². The molecule has 22 heavy (non-hydrogen) atoms. The monoisotopic (exact) mass is 329 g/mol. The molecule has 1 fully saturated rings. The quantitative estimate of drug-likeness (QED) is 0.621. The third kappa shape index (κ3) is 4.23. The summed E-state index contributed by atoms with van der Waals surface area (Å²) in [5, 5.41) is 16.1. The lowest BCUT2D eigenvalue weighted by Crippen LogP contribution is -2.40. The highest BCUT2D eigenvalue weighted by Crippen LogP contribution is 2.24. The second kappa shape index (κ2) is 6.69. The van der Waals surface area contributed by atoms with Gasteiger partial charge in [0.2, 0.25) is 10.0 Å². The van der Waals surface area contributed by atoms with Crippen molar-refractivity contribution in [3.05, 3.63) is 33.9 Å². The first-order chi connectivity index (χ1) is 10.3. The number of ether oxygens (including phenoxy) is 1. The fraction of sp³-hybridized carbons (Fsp3) is 0.538. The first kappa shape index (κ1) is 16.8. The molecule has 2 rings (SSSR count). The van der Waals surface area contributed by atoms with Gasteiger partial charge in [0.1, 0.15) is 0 Å². The minimum atomic E-state index is -3.95. The highest BCUT2D eigenvalue weighted by atomic mass is 32.2. The minimum Gasteiger partial charge on any atom is -0.376 e. The number of likely N-dealkylation sites (N-methyl/N-ethyl adjacent to an activating group) is 1. The summed E-state index contributed by atoms with van der Waals surface area (Å²) < 4.78 is 28.2. The van der Waals surface area contributed by atoms with Crippen LogP contribution in [0.15, 0.2) is 23.1 Å². The van der Waals surface area contributed by atoms with Gasteiger partial charge in [0, 0.05) is 24.7 Å². The number of hydrogen-bond donors (Lipinski definition) is 1. The number of nitro groups is 1. The third-order valence-electron chi connectivity index (χ3n) is 3.66. The zero-order chi connectivity index (χ0) is 16.3. The van der Waals surface area contributed by atoms with Crippen molar-refractivity contribution in [1.29, 1.82) is 0 Å². The van der Waals surface area contributed by atoms with Crippen molar-refractivity contribution in [3.63, 3.8) is 0 Å². The number of primary sulfonamides is 1. The molecule has 0 unspecified atom stereocenters. The Kier molecular flexibility index (Phi) is 5.12. The number of morpholine rings is 1. The second-order valence-electron chi connectivity index (χ2n) is 5.39. The Morgan fingerprint density at radius 1 is 1.50 bits per heavy atom. The molecule has 0 radical (unpaired) electrons.